The summed E-state index contributed by atoms with van der Waals surface area (Å²) in [6, 6.07) is 2.08. The molecule has 0 aliphatic heterocycles. The van der Waals surface area contributed by atoms with Gasteiger partial charge in [-0.3, -0.25) is 23.7 Å². The van der Waals surface area contributed by atoms with Gasteiger partial charge in [0.05, 0.1) is 13.0 Å². The summed E-state index contributed by atoms with van der Waals surface area (Å²) in [4.78, 5) is 34.6. The molecule has 2 rings (SSSR count). The minimum Gasteiger partial charge on any atom is -0.481 e. The number of aliphatic carboxylic acids is 1. The topological polar surface area (TPSA) is 131 Å². The number of carboxylic acids is 1. The van der Waals surface area contributed by atoms with E-state index in [9.17, 15) is 27.6 Å². The van der Waals surface area contributed by atoms with Crippen LogP contribution in [0.1, 0.15) is 40.0 Å². The number of hydrogen-bond donors (Lipinski definition) is 3. The number of nitrogens with zero attached hydrogens (tertiary/aromatic N) is 4. The van der Waals surface area contributed by atoms with Gasteiger partial charge in [-0.25, -0.2) is 0 Å². The fourth-order valence-electron chi connectivity index (χ4n) is 2.33. The summed E-state index contributed by atoms with van der Waals surface area (Å²) in [6.07, 6.45) is -3.33. The average molecular weight is 416 g/mol. The molecule has 0 aliphatic carbocycles. The Balaban J connectivity index is 1.83. The van der Waals surface area contributed by atoms with Gasteiger partial charge < -0.3 is 15.7 Å². The van der Waals surface area contributed by atoms with Gasteiger partial charge in [-0.05, 0) is 13.0 Å². The molecular formula is C16H19F3N6O4. The molecule has 0 fully saturated rings. The lowest BCUT2D eigenvalue weighted by molar-refractivity contribution is -0.141. The quantitative estimate of drug-likeness (QED) is 0.517. The van der Waals surface area contributed by atoms with Crippen LogP contribution in [0, 0.1) is 0 Å². The number of carbonyl (C=O) groups excluding carboxylic acids is 2. The molecule has 158 valence electrons. The van der Waals surface area contributed by atoms with Gasteiger partial charge in [-0.2, -0.15) is 23.4 Å². The van der Waals surface area contributed by atoms with Crippen LogP contribution in [0.4, 0.5) is 13.2 Å². The molecule has 29 heavy (non-hydrogen) atoms. The lowest BCUT2D eigenvalue weighted by Crippen LogP contribution is -2.35. The molecule has 2 aromatic heterocycles. The first-order chi connectivity index (χ1) is 13.6. The summed E-state index contributed by atoms with van der Waals surface area (Å²) in [7, 11) is 0. The van der Waals surface area contributed by atoms with Crippen molar-refractivity contribution in [3.05, 3.63) is 35.4 Å². The van der Waals surface area contributed by atoms with Gasteiger partial charge in [0, 0.05) is 31.9 Å². The minimum atomic E-state index is -4.66. The van der Waals surface area contributed by atoms with E-state index in [1.54, 1.807) is 6.92 Å². The van der Waals surface area contributed by atoms with E-state index >= 15 is 0 Å². The molecule has 0 aliphatic rings. The second-order valence-electron chi connectivity index (χ2n) is 5.85. The number of amides is 2. The van der Waals surface area contributed by atoms with Crippen molar-refractivity contribution in [3.8, 4) is 0 Å². The normalized spacial score (nSPS) is 11.3. The van der Waals surface area contributed by atoms with Crippen LogP contribution in [0.15, 0.2) is 18.3 Å². The van der Waals surface area contributed by atoms with Gasteiger partial charge in [-0.15, -0.1) is 0 Å². The van der Waals surface area contributed by atoms with Gasteiger partial charge in [0.1, 0.15) is 11.4 Å². The monoisotopic (exact) mass is 416 g/mol. The number of aromatic nitrogens is 4. The molecule has 0 radical (unpaired) electrons. The number of aryl methyl sites for hydroxylation is 2. The first-order valence-corrected chi connectivity index (χ1v) is 8.58. The number of alkyl halides is 3. The van der Waals surface area contributed by atoms with Crippen molar-refractivity contribution in [1.82, 2.24) is 30.2 Å². The number of carbonyl (C=O) groups is 3. The van der Waals surface area contributed by atoms with E-state index < -0.39 is 29.7 Å². The third-order valence-electron chi connectivity index (χ3n) is 3.73. The summed E-state index contributed by atoms with van der Waals surface area (Å²) >= 11 is 0. The lowest BCUT2D eigenvalue weighted by atomic mass is 10.3. The number of nitrogens with one attached hydrogen (secondary N) is 2. The second kappa shape index (κ2) is 9.21. The highest BCUT2D eigenvalue weighted by atomic mass is 19.4. The number of rotatable bonds is 9. The SMILES string of the molecule is CCn1nc(C(F)(F)F)cc1C(=O)NCCNC(=O)c1ccn(CCC(=O)O)n1. The molecule has 0 spiro atoms. The van der Waals surface area contributed by atoms with Gasteiger partial charge >= 0.3 is 12.1 Å². The molecule has 0 unspecified atom stereocenters. The van der Waals surface area contributed by atoms with Gasteiger partial charge in [0.2, 0.25) is 0 Å². The van der Waals surface area contributed by atoms with E-state index in [1.807, 2.05) is 0 Å². The van der Waals surface area contributed by atoms with E-state index in [2.05, 4.69) is 20.8 Å². The molecular weight excluding hydrogens is 397 g/mol. The van der Waals surface area contributed by atoms with Crippen molar-refractivity contribution in [1.29, 1.82) is 0 Å². The fraction of sp³-hybridized carbons (Fsp3) is 0.438. The Labute approximate surface area is 162 Å². The molecule has 2 heterocycles. The highest BCUT2D eigenvalue weighted by Crippen LogP contribution is 2.28. The third-order valence-corrected chi connectivity index (χ3v) is 3.73. The molecule has 10 nitrogen and oxygen atoms in total. The van der Waals surface area contributed by atoms with Crippen molar-refractivity contribution in [2.24, 2.45) is 0 Å². The van der Waals surface area contributed by atoms with Gasteiger partial charge in [0.25, 0.3) is 11.8 Å². The van der Waals surface area contributed by atoms with Crippen LogP contribution in [-0.4, -0.2) is 55.5 Å². The van der Waals surface area contributed by atoms with Crippen LogP contribution >= 0.6 is 0 Å². The number of hydrogen-bond acceptors (Lipinski definition) is 5. The molecule has 0 bridgehead atoms. The van der Waals surface area contributed by atoms with E-state index in [0.717, 1.165) is 4.68 Å². The third kappa shape index (κ3) is 6.05. The maximum atomic E-state index is 12.7. The van der Waals surface area contributed by atoms with Crippen LogP contribution < -0.4 is 10.6 Å². The predicted octanol–water partition coefficient (Wildman–Crippen LogP) is 0.753. The Morgan fingerprint density at radius 1 is 1.14 bits per heavy atom. The minimum absolute atomic E-state index is 0.0128. The molecule has 0 saturated heterocycles. The van der Waals surface area contributed by atoms with Crippen LogP contribution in [0.3, 0.4) is 0 Å². The molecule has 0 saturated carbocycles. The Kier molecular flexibility index (Phi) is 6.96. The molecule has 0 aromatic carbocycles. The first kappa shape index (κ1) is 21.9. The van der Waals surface area contributed by atoms with Crippen molar-refractivity contribution in [3.63, 3.8) is 0 Å². The average Bonchev–Trinajstić information content (AvgIpc) is 3.29. The molecule has 2 aromatic rings. The van der Waals surface area contributed by atoms with E-state index in [-0.39, 0.29) is 44.0 Å². The van der Waals surface area contributed by atoms with E-state index in [4.69, 9.17) is 5.11 Å². The first-order valence-electron chi connectivity index (χ1n) is 8.58. The molecule has 3 N–H and O–H groups in total. The van der Waals surface area contributed by atoms with Crippen molar-refractivity contribution >= 4 is 17.8 Å². The Hall–Kier alpha value is -3.38. The Bertz CT molecular complexity index is 890. The van der Waals surface area contributed by atoms with E-state index in [1.165, 1.54) is 16.9 Å². The molecule has 0 atom stereocenters. The largest absolute Gasteiger partial charge is 0.481 e. The lowest BCUT2D eigenvalue weighted by Gasteiger charge is -2.07. The van der Waals surface area contributed by atoms with Crippen molar-refractivity contribution < 1.29 is 32.7 Å². The van der Waals surface area contributed by atoms with Crippen LogP contribution in [-0.2, 0) is 24.1 Å². The Morgan fingerprint density at radius 2 is 1.79 bits per heavy atom. The molecule has 13 heteroatoms. The van der Waals surface area contributed by atoms with Crippen LogP contribution in [0.5, 0.6) is 0 Å². The standard InChI is InChI=1S/C16H19F3N6O4/c1-2-25-11(9-12(23-25)16(17,18)19)15(29)21-6-5-20-14(28)10-3-7-24(22-10)8-4-13(26)27/h3,7,9H,2,4-6,8H2,1H3,(H,20,28)(H,21,29)(H,26,27). The van der Waals surface area contributed by atoms with Crippen LogP contribution in [0.25, 0.3) is 0 Å². The summed E-state index contributed by atoms with van der Waals surface area (Å²) in [6.45, 7) is 1.74. The predicted molar refractivity (Wildman–Crippen MR) is 92.0 cm³/mol. The summed E-state index contributed by atoms with van der Waals surface area (Å²) < 4.78 is 40.5. The second-order valence-corrected chi connectivity index (χ2v) is 5.85. The zero-order valence-electron chi connectivity index (χ0n) is 15.4. The fourth-order valence-corrected chi connectivity index (χ4v) is 2.33. The maximum absolute atomic E-state index is 12.7. The number of halogens is 3. The summed E-state index contributed by atoms with van der Waals surface area (Å²) in [5.74, 6) is -2.28. The van der Waals surface area contributed by atoms with Crippen molar-refractivity contribution in [2.75, 3.05) is 13.1 Å². The maximum Gasteiger partial charge on any atom is 0.435 e. The zero-order valence-corrected chi connectivity index (χ0v) is 15.4. The highest BCUT2D eigenvalue weighted by Gasteiger charge is 2.35. The summed E-state index contributed by atoms with van der Waals surface area (Å²) in [5, 5.41) is 20.8. The highest BCUT2D eigenvalue weighted by molar-refractivity contribution is 5.93. The Morgan fingerprint density at radius 3 is 2.38 bits per heavy atom. The summed E-state index contributed by atoms with van der Waals surface area (Å²) in [5.41, 5.74) is -1.32. The smallest absolute Gasteiger partial charge is 0.435 e. The molecule has 2 amide bonds. The number of carboxylic acid groups (broad SMARTS) is 1. The van der Waals surface area contributed by atoms with Crippen LogP contribution in [0.2, 0.25) is 0 Å². The van der Waals surface area contributed by atoms with Crippen molar-refractivity contribution in [2.45, 2.75) is 32.6 Å². The zero-order chi connectivity index (χ0) is 21.6. The van der Waals surface area contributed by atoms with Gasteiger partial charge in [-0.1, -0.05) is 0 Å². The van der Waals surface area contributed by atoms with Gasteiger partial charge in [0.15, 0.2) is 5.69 Å². The van der Waals surface area contributed by atoms with E-state index in [0.29, 0.717) is 6.07 Å².